The number of benzene rings is 2. The van der Waals surface area contributed by atoms with E-state index >= 15 is 0 Å². The molecule has 0 unspecified atom stereocenters. The van der Waals surface area contributed by atoms with E-state index in [2.05, 4.69) is 5.10 Å². The molecule has 2 heterocycles. The van der Waals surface area contributed by atoms with Gasteiger partial charge in [0.1, 0.15) is 0 Å². The van der Waals surface area contributed by atoms with Crippen molar-refractivity contribution in [2.24, 2.45) is 0 Å². The van der Waals surface area contributed by atoms with Gasteiger partial charge in [-0.1, -0.05) is 41.9 Å². The minimum absolute atomic E-state index is 0.0782. The first-order chi connectivity index (χ1) is 14.0. The molecule has 0 aliphatic heterocycles. The van der Waals surface area contributed by atoms with Crippen molar-refractivity contribution in [2.75, 3.05) is 7.05 Å². The average Bonchev–Trinajstić information content (AvgIpc) is 3.08. The number of carbonyl (C=O) groups is 1. The van der Waals surface area contributed by atoms with E-state index in [4.69, 9.17) is 16.6 Å². The van der Waals surface area contributed by atoms with E-state index in [9.17, 15) is 4.79 Å². The van der Waals surface area contributed by atoms with E-state index in [0.717, 1.165) is 39.1 Å². The average molecular weight is 407 g/mol. The monoisotopic (exact) mass is 406 g/mol. The second kappa shape index (κ2) is 7.84. The van der Waals surface area contributed by atoms with Crippen molar-refractivity contribution in [3.8, 4) is 0 Å². The van der Waals surface area contributed by atoms with E-state index in [1.807, 2.05) is 73.9 Å². The maximum absolute atomic E-state index is 12.7. The third-order valence-electron chi connectivity index (χ3n) is 5.40. The van der Waals surface area contributed by atoms with Crippen LogP contribution in [0, 0.1) is 13.8 Å². The third kappa shape index (κ3) is 3.70. The van der Waals surface area contributed by atoms with Gasteiger partial charge in [0.2, 0.25) is 5.91 Å². The zero-order valence-corrected chi connectivity index (χ0v) is 17.6. The van der Waals surface area contributed by atoms with Gasteiger partial charge in [-0.3, -0.25) is 4.79 Å². The summed E-state index contributed by atoms with van der Waals surface area (Å²) >= 11 is 6.22. The smallest absolute Gasteiger partial charge is 0.222 e. The molecular weight excluding hydrogens is 384 g/mol. The van der Waals surface area contributed by atoms with E-state index < -0.39 is 0 Å². The summed E-state index contributed by atoms with van der Waals surface area (Å²) in [5.41, 5.74) is 5.79. The number of rotatable bonds is 5. The summed E-state index contributed by atoms with van der Waals surface area (Å²) in [7, 11) is 1.81. The maximum atomic E-state index is 12.7. The third-order valence-corrected chi connectivity index (χ3v) is 5.77. The van der Waals surface area contributed by atoms with Crippen LogP contribution in [0.5, 0.6) is 0 Å². The van der Waals surface area contributed by atoms with Crippen molar-refractivity contribution in [3.05, 3.63) is 76.1 Å². The van der Waals surface area contributed by atoms with E-state index in [1.165, 1.54) is 0 Å². The van der Waals surface area contributed by atoms with E-state index in [0.29, 0.717) is 24.4 Å². The number of fused-ring (bicyclic) bond motifs is 3. The molecule has 0 aliphatic carbocycles. The maximum Gasteiger partial charge on any atom is 0.222 e. The number of hydrogen-bond donors (Lipinski definition) is 0. The second-order valence-corrected chi connectivity index (χ2v) is 7.76. The lowest BCUT2D eigenvalue weighted by atomic mass is 10.1. The first-order valence-electron chi connectivity index (χ1n) is 9.66. The van der Waals surface area contributed by atoms with Crippen molar-refractivity contribution in [3.63, 3.8) is 0 Å². The quantitative estimate of drug-likeness (QED) is 0.480. The molecule has 0 fully saturated rings. The van der Waals surface area contributed by atoms with Gasteiger partial charge >= 0.3 is 0 Å². The lowest BCUT2D eigenvalue weighted by Gasteiger charge is -2.19. The number of aryl methyl sites for hydroxylation is 2. The molecule has 4 rings (SSSR count). The summed E-state index contributed by atoms with van der Waals surface area (Å²) in [6.45, 7) is 4.54. The van der Waals surface area contributed by atoms with Crippen molar-refractivity contribution in [1.82, 2.24) is 19.5 Å². The van der Waals surface area contributed by atoms with Crippen LogP contribution in [-0.4, -0.2) is 32.5 Å². The number of hydrogen-bond acceptors (Lipinski definition) is 3. The van der Waals surface area contributed by atoms with Crippen LogP contribution in [0.2, 0.25) is 5.02 Å². The van der Waals surface area contributed by atoms with Gasteiger partial charge in [0.05, 0.1) is 5.52 Å². The summed E-state index contributed by atoms with van der Waals surface area (Å²) < 4.78 is 1.89. The van der Waals surface area contributed by atoms with Crippen LogP contribution < -0.4 is 0 Å². The first kappa shape index (κ1) is 19.4. The molecule has 0 bridgehead atoms. The molecule has 0 atom stereocenters. The zero-order valence-electron chi connectivity index (χ0n) is 16.8. The second-order valence-electron chi connectivity index (χ2n) is 7.35. The Morgan fingerprint density at radius 3 is 2.62 bits per heavy atom. The normalized spacial score (nSPS) is 11.3. The minimum atomic E-state index is 0.0782. The van der Waals surface area contributed by atoms with Crippen LogP contribution in [0.4, 0.5) is 0 Å². The van der Waals surface area contributed by atoms with E-state index in [1.54, 1.807) is 4.90 Å². The Balaban J connectivity index is 1.54. The topological polar surface area (TPSA) is 50.5 Å². The fourth-order valence-electron chi connectivity index (χ4n) is 3.73. The summed E-state index contributed by atoms with van der Waals surface area (Å²) in [4.78, 5) is 19.2. The van der Waals surface area contributed by atoms with Crippen LogP contribution in [-0.2, 0) is 17.8 Å². The molecule has 5 nitrogen and oxygen atoms in total. The molecule has 0 saturated carbocycles. The number of halogens is 1. The van der Waals surface area contributed by atoms with Gasteiger partial charge in [-0.15, -0.1) is 0 Å². The molecule has 0 spiro atoms. The fourth-order valence-corrected chi connectivity index (χ4v) is 3.93. The van der Waals surface area contributed by atoms with Gasteiger partial charge in [-0.2, -0.15) is 5.10 Å². The van der Waals surface area contributed by atoms with Gasteiger partial charge in [0.15, 0.2) is 5.65 Å². The molecule has 0 N–H and O–H groups in total. The van der Waals surface area contributed by atoms with Crippen molar-refractivity contribution in [1.29, 1.82) is 0 Å². The van der Waals surface area contributed by atoms with E-state index in [-0.39, 0.29) is 5.91 Å². The molecule has 0 aliphatic rings. The summed E-state index contributed by atoms with van der Waals surface area (Å²) in [5, 5.41) is 6.41. The molecule has 1 amide bonds. The van der Waals surface area contributed by atoms with Crippen molar-refractivity contribution in [2.45, 2.75) is 33.2 Å². The van der Waals surface area contributed by atoms with Gasteiger partial charge in [0, 0.05) is 41.8 Å². The summed E-state index contributed by atoms with van der Waals surface area (Å²) in [6, 6.07) is 15.6. The van der Waals surface area contributed by atoms with Gasteiger partial charge in [-0.05, 0) is 49.6 Å². The highest BCUT2D eigenvalue weighted by molar-refractivity contribution is 6.31. The molecule has 2 aromatic heterocycles. The highest BCUT2D eigenvalue weighted by Gasteiger charge is 2.16. The summed E-state index contributed by atoms with van der Waals surface area (Å²) in [5.74, 6) is 0.0782. The number of aromatic nitrogens is 3. The lowest BCUT2D eigenvalue weighted by molar-refractivity contribution is -0.130. The van der Waals surface area contributed by atoms with Crippen LogP contribution in [0.1, 0.15) is 28.9 Å². The Labute approximate surface area is 174 Å². The molecule has 29 heavy (non-hydrogen) atoms. The van der Waals surface area contributed by atoms with Crippen molar-refractivity contribution < 1.29 is 4.79 Å². The molecule has 2 aromatic carbocycles. The molecule has 0 radical (unpaired) electrons. The van der Waals surface area contributed by atoms with Gasteiger partial charge in [-0.25, -0.2) is 9.50 Å². The van der Waals surface area contributed by atoms with Crippen LogP contribution >= 0.6 is 11.6 Å². The van der Waals surface area contributed by atoms with Gasteiger partial charge in [0.25, 0.3) is 0 Å². The molecule has 148 valence electrons. The van der Waals surface area contributed by atoms with Crippen LogP contribution in [0.25, 0.3) is 16.6 Å². The molecule has 6 heteroatoms. The first-order valence-corrected chi connectivity index (χ1v) is 10.0. The number of nitrogens with zero attached hydrogens (tertiary/aromatic N) is 4. The Bertz CT molecular complexity index is 1210. The SMILES string of the molecule is Cc1nc2c3ccccc3nn2c(C)c1CCC(=O)N(C)Cc1ccccc1Cl. The highest BCUT2D eigenvalue weighted by Crippen LogP contribution is 2.23. The molecular formula is C23H23ClN4O. The standard InChI is InChI=1S/C23H23ClN4O/c1-15-18(12-13-22(29)27(3)14-17-8-4-6-10-20(17)24)16(2)28-23(25-15)19-9-5-7-11-21(19)26-28/h4-11H,12-14H2,1-3H3. The highest BCUT2D eigenvalue weighted by atomic mass is 35.5. The Kier molecular flexibility index (Phi) is 5.24. The Morgan fingerprint density at radius 1 is 1.10 bits per heavy atom. The predicted octanol–water partition coefficient (Wildman–Crippen LogP) is 4.74. The Morgan fingerprint density at radius 2 is 1.83 bits per heavy atom. The number of carbonyl (C=O) groups excluding carboxylic acids is 1. The van der Waals surface area contributed by atoms with Crippen LogP contribution in [0.15, 0.2) is 48.5 Å². The number of amides is 1. The zero-order chi connectivity index (χ0) is 20.5. The molecule has 0 saturated heterocycles. The minimum Gasteiger partial charge on any atom is -0.341 e. The van der Waals surface area contributed by atoms with Crippen molar-refractivity contribution >= 4 is 34.1 Å². The fraction of sp³-hybridized carbons (Fsp3) is 0.261. The summed E-state index contributed by atoms with van der Waals surface area (Å²) in [6.07, 6.45) is 1.04. The lowest BCUT2D eigenvalue weighted by Crippen LogP contribution is -2.26. The Hall–Kier alpha value is -2.92. The largest absolute Gasteiger partial charge is 0.341 e. The van der Waals surface area contributed by atoms with Gasteiger partial charge < -0.3 is 4.90 Å². The van der Waals surface area contributed by atoms with Crippen LogP contribution in [0.3, 0.4) is 0 Å². The predicted molar refractivity (Wildman–Crippen MR) is 116 cm³/mol. The molecule has 4 aromatic rings.